The van der Waals surface area contributed by atoms with Crippen LogP contribution in [0, 0.1) is 0 Å². The Morgan fingerprint density at radius 2 is 1.82 bits per heavy atom. The van der Waals surface area contributed by atoms with Crippen molar-refractivity contribution in [2.45, 2.75) is 49.8 Å². The minimum absolute atomic E-state index is 0.621. The number of carbonyl (C=O) groups is 1. The predicted molar refractivity (Wildman–Crippen MR) is 66.5 cm³/mol. The van der Waals surface area contributed by atoms with E-state index in [0.29, 0.717) is 0 Å². The summed E-state index contributed by atoms with van der Waals surface area (Å²) >= 11 is 0. The van der Waals surface area contributed by atoms with Crippen molar-refractivity contribution in [2.24, 2.45) is 0 Å². The number of rotatable bonds is 4. The lowest BCUT2D eigenvalue weighted by molar-refractivity contribution is -0.314. The first kappa shape index (κ1) is 16.9. The number of hydrogen-bond donors (Lipinski definition) is 6. The van der Waals surface area contributed by atoms with Gasteiger partial charge in [-0.3, -0.25) is 0 Å². The van der Waals surface area contributed by atoms with E-state index in [-0.39, 0.29) is 0 Å². The summed E-state index contributed by atoms with van der Waals surface area (Å²) < 4.78 is 15.1. The summed E-state index contributed by atoms with van der Waals surface area (Å²) in [6, 6.07) is 0. The fourth-order valence-electron chi connectivity index (χ4n) is 2.25. The lowest BCUT2D eigenvalue weighted by Crippen LogP contribution is -2.60. The molecule has 10 nitrogen and oxygen atoms in total. The number of carbonyl (C=O) groups excluding carboxylic acids is 1. The molecule has 2 aliphatic rings. The second kappa shape index (κ2) is 6.36. The largest absolute Gasteiger partial charge is 0.505 e. The highest BCUT2D eigenvalue weighted by Gasteiger charge is 2.46. The average molecular weight is 322 g/mol. The van der Waals surface area contributed by atoms with Crippen molar-refractivity contribution in [3.05, 3.63) is 11.5 Å². The van der Waals surface area contributed by atoms with Gasteiger partial charge in [-0.05, 0) is 6.92 Å². The molecule has 126 valence electrons. The zero-order valence-corrected chi connectivity index (χ0v) is 11.6. The summed E-state index contributed by atoms with van der Waals surface area (Å²) in [4.78, 5) is 11.1. The zero-order valence-electron chi connectivity index (χ0n) is 11.6. The first-order chi connectivity index (χ1) is 10.3. The maximum absolute atomic E-state index is 11.1. The highest BCUT2D eigenvalue weighted by Crippen LogP contribution is 2.27. The molecule has 7 atom stereocenters. The Labute approximate surface area is 124 Å². The van der Waals surface area contributed by atoms with Crippen LogP contribution in [0.5, 0.6) is 0 Å². The molecule has 0 aromatic rings. The standard InChI is InChI=1S/C12H18O10/c1-3(10-7(16)8(17)11(19)22-10)20-12-9(18)6(15)5(14)4(2-13)21-12/h3-6,9-10,12-18H,2H2,1H3/t3-,4+,5+,6-,9+,10+,12-/m0/s1. The van der Waals surface area contributed by atoms with E-state index in [9.17, 15) is 30.3 Å². The van der Waals surface area contributed by atoms with Gasteiger partial charge in [-0.1, -0.05) is 0 Å². The third-order valence-corrected chi connectivity index (χ3v) is 3.56. The van der Waals surface area contributed by atoms with E-state index in [2.05, 4.69) is 4.74 Å². The Morgan fingerprint density at radius 3 is 2.32 bits per heavy atom. The van der Waals surface area contributed by atoms with Gasteiger partial charge in [0.05, 0.1) is 6.61 Å². The molecule has 0 saturated carbocycles. The van der Waals surface area contributed by atoms with Crippen LogP contribution in [0.3, 0.4) is 0 Å². The molecular weight excluding hydrogens is 304 g/mol. The molecular formula is C12H18O10. The van der Waals surface area contributed by atoms with Gasteiger partial charge in [-0.2, -0.15) is 0 Å². The fourth-order valence-corrected chi connectivity index (χ4v) is 2.25. The van der Waals surface area contributed by atoms with Gasteiger partial charge in [-0.15, -0.1) is 0 Å². The van der Waals surface area contributed by atoms with Crippen molar-refractivity contribution in [2.75, 3.05) is 6.61 Å². The second-order valence-electron chi connectivity index (χ2n) is 5.10. The minimum Gasteiger partial charge on any atom is -0.505 e. The number of aliphatic hydroxyl groups excluding tert-OH is 6. The second-order valence-corrected chi connectivity index (χ2v) is 5.10. The Morgan fingerprint density at radius 1 is 1.18 bits per heavy atom. The Bertz CT molecular complexity index is 461. The average Bonchev–Trinajstić information content (AvgIpc) is 2.75. The molecule has 22 heavy (non-hydrogen) atoms. The Balaban J connectivity index is 2.05. The highest BCUT2D eigenvalue weighted by atomic mass is 16.7. The molecule has 0 amide bonds. The monoisotopic (exact) mass is 322 g/mol. The van der Waals surface area contributed by atoms with Crippen LogP contribution in [0.1, 0.15) is 6.92 Å². The van der Waals surface area contributed by atoms with E-state index in [0.717, 1.165) is 0 Å². The zero-order chi connectivity index (χ0) is 16.6. The summed E-state index contributed by atoms with van der Waals surface area (Å²) in [6.07, 6.45) is -9.73. The van der Waals surface area contributed by atoms with Crippen molar-refractivity contribution in [1.29, 1.82) is 0 Å². The van der Waals surface area contributed by atoms with Gasteiger partial charge >= 0.3 is 5.97 Å². The van der Waals surface area contributed by atoms with Crippen LogP contribution in [-0.2, 0) is 19.0 Å². The molecule has 0 bridgehead atoms. The van der Waals surface area contributed by atoms with Gasteiger partial charge in [0.15, 0.2) is 18.2 Å². The van der Waals surface area contributed by atoms with Crippen LogP contribution in [0.25, 0.3) is 0 Å². The number of esters is 1. The molecule has 0 aliphatic carbocycles. The van der Waals surface area contributed by atoms with Crippen LogP contribution in [0.2, 0.25) is 0 Å². The van der Waals surface area contributed by atoms with Crippen molar-refractivity contribution >= 4 is 5.97 Å². The molecule has 2 rings (SSSR count). The molecule has 10 heteroatoms. The van der Waals surface area contributed by atoms with Crippen LogP contribution >= 0.6 is 0 Å². The maximum atomic E-state index is 11.1. The number of hydrogen-bond acceptors (Lipinski definition) is 10. The predicted octanol–water partition coefficient (Wildman–Crippen LogP) is -2.56. The van der Waals surface area contributed by atoms with Crippen molar-refractivity contribution in [3.8, 4) is 0 Å². The van der Waals surface area contributed by atoms with E-state index in [4.69, 9.17) is 14.6 Å². The van der Waals surface area contributed by atoms with Gasteiger partial charge in [0.25, 0.3) is 0 Å². The Hall–Kier alpha value is -1.43. The van der Waals surface area contributed by atoms with Crippen LogP contribution < -0.4 is 0 Å². The summed E-state index contributed by atoms with van der Waals surface area (Å²) in [7, 11) is 0. The number of ether oxygens (including phenoxy) is 3. The maximum Gasteiger partial charge on any atom is 0.377 e. The van der Waals surface area contributed by atoms with E-state index >= 15 is 0 Å². The van der Waals surface area contributed by atoms with Crippen LogP contribution in [-0.4, -0.2) is 86.1 Å². The fraction of sp³-hybridized carbons (Fsp3) is 0.750. The van der Waals surface area contributed by atoms with Crippen LogP contribution in [0.15, 0.2) is 11.5 Å². The lowest BCUT2D eigenvalue weighted by atomic mass is 9.99. The van der Waals surface area contributed by atoms with Crippen molar-refractivity contribution in [3.63, 3.8) is 0 Å². The molecule has 6 N–H and O–H groups in total. The van der Waals surface area contributed by atoms with E-state index in [1.54, 1.807) is 0 Å². The molecule has 0 spiro atoms. The molecule has 1 fully saturated rings. The molecule has 2 heterocycles. The number of cyclic esters (lactones) is 1. The number of aliphatic hydroxyl groups is 6. The van der Waals surface area contributed by atoms with E-state index in [1.165, 1.54) is 6.92 Å². The minimum atomic E-state index is -1.63. The van der Waals surface area contributed by atoms with Crippen LogP contribution in [0.4, 0.5) is 0 Å². The molecule has 0 unspecified atom stereocenters. The quantitative estimate of drug-likeness (QED) is 0.303. The normalized spacial score (nSPS) is 40.7. The van der Waals surface area contributed by atoms with E-state index < -0.39 is 67.0 Å². The summed E-state index contributed by atoms with van der Waals surface area (Å²) in [5, 5.41) is 56.9. The van der Waals surface area contributed by atoms with Gasteiger partial charge in [0.1, 0.15) is 30.5 Å². The summed E-state index contributed by atoms with van der Waals surface area (Å²) in [5.41, 5.74) is 0. The van der Waals surface area contributed by atoms with Crippen molar-refractivity contribution < 1.29 is 49.6 Å². The topological polar surface area (TPSA) is 166 Å². The Kier molecular flexibility index (Phi) is 4.90. The highest BCUT2D eigenvalue weighted by molar-refractivity contribution is 5.89. The smallest absolute Gasteiger partial charge is 0.377 e. The first-order valence-corrected chi connectivity index (χ1v) is 6.57. The summed E-state index contributed by atoms with van der Waals surface area (Å²) in [6.45, 7) is 0.748. The lowest BCUT2D eigenvalue weighted by Gasteiger charge is -2.40. The SMILES string of the molecule is C[C@H](O[C@H]1O[C@H](CO)[C@@H](O)[C@H](O)[C@H]1O)[C@H]1OC(=O)C(O)=C1O. The van der Waals surface area contributed by atoms with Gasteiger partial charge in [0.2, 0.25) is 5.76 Å². The van der Waals surface area contributed by atoms with Gasteiger partial charge in [-0.25, -0.2) is 4.79 Å². The van der Waals surface area contributed by atoms with Gasteiger partial charge in [0, 0.05) is 0 Å². The third-order valence-electron chi connectivity index (χ3n) is 3.56. The van der Waals surface area contributed by atoms with Crippen molar-refractivity contribution in [1.82, 2.24) is 0 Å². The molecule has 0 radical (unpaired) electrons. The molecule has 1 saturated heterocycles. The van der Waals surface area contributed by atoms with E-state index in [1.807, 2.05) is 0 Å². The molecule has 2 aliphatic heterocycles. The van der Waals surface area contributed by atoms with Gasteiger partial charge < -0.3 is 44.8 Å². The molecule has 0 aromatic heterocycles. The molecule has 0 aromatic carbocycles. The first-order valence-electron chi connectivity index (χ1n) is 6.57. The third kappa shape index (κ3) is 2.89. The summed E-state index contributed by atoms with van der Waals surface area (Å²) in [5.74, 6) is -2.77.